The Morgan fingerprint density at radius 1 is 1.10 bits per heavy atom. The lowest BCUT2D eigenvalue weighted by Crippen LogP contribution is -2.21. The number of hydrogen-bond donors (Lipinski definition) is 0. The van der Waals surface area contributed by atoms with Crippen LogP contribution in [0.3, 0.4) is 0 Å². The molecule has 0 atom stereocenters. The molecule has 11 heteroatoms. The summed E-state index contributed by atoms with van der Waals surface area (Å²) in [5.41, 5.74) is 2.34. The van der Waals surface area contributed by atoms with Gasteiger partial charge >= 0.3 is 11.7 Å². The molecule has 0 aliphatic carbocycles. The molecule has 4 rings (SSSR count). The van der Waals surface area contributed by atoms with Crippen LogP contribution in [0.5, 0.6) is 11.5 Å². The normalized spacial score (nSPS) is 11.3. The van der Waals surface area contributed by atoms with Gasteiger partial charge in [0, 0.05) is 17.2 Å². The van der Waals surface area contributed by atoms with Gasteiger partial charge in [-0.2, -0.15) is 9.78 Å². The predicted octanol–water partition coefficient (Wildman–Crippen LogP) is 5.63. The largest absolute Gasteiger partial charge is 0.494 e. The van der Waals surface area contributed by atoms with Crippen LogP contribution in [0.15, 0.2) is 64.5 Å². The zero-order chi connectivity index (χ0) is 30.4. The Morgan fingerprint density at radius 3 is 2.55 bits per heavy atom. The number of nitro groups is 1. The highest BCUT2D eigenvalue weighted by Gasteiger charge is 2.21. The Kier molecular flexibility index (Phi) is 9.31. The number of rotatable bonds is 11. The molecular formula is C31H32N4O7. The lowest BCUT2D eigenvalue weighted by molar-refractivity contribution is -0.385. The highest BCUT2D eigenvalue weighted by atomic mass is 16.6. The van der Waals surface area contributed by atoms with Crippen molar-refractivity contribution in [2.24, 2.45) is 5.10 Å². The van der Waals surface area contributed by atoms with Gasteiger partial charge in [-0.15, -0.1) is 0 Å². The quantitative estimate of drug-likeness (QED) is 0.0977. The van der Waals surface area contributed by atoms with E-state index in [1.807, 2.05) is 26.0 Å². The first-order valence-corrected chi connectivity index (χ1v) is 13.6. The summed E-state index contributed by atoms with van der Waals surface area (Å²) in [5, 5.41) is 16.6. The van der Waals surface area contributed by atoms with Crippen LogP contribution < -0.4 is 15.0 Å². The molecule has 3 aromatic carbocycles. The third-order valence-corrected chi connectivity index (χ3v) is 6.45. The van der Waals surface area contributed by atoms with Gasteiger partial charge in [0.15, 0.2) is 12.4 Å². The van der Waals surface area contributed by atoms with Crippen molar-refractivity contribution < 1.29 is 23.9 Å². The minimum Gasteiger partial charge on any atom is -0.494 e. The number of benzene rings is 3. The van der Waals surface area contributed by atoms with Crippen molar-refractivity contribution in [3.8, 4) is 22.9 Å². The summed E-state index contributed by atoms with van der Waals surface area (Å²) < 4.78 is 17.5. The monoisotopic (exact) mass is 572 g/mol. The van der Waals surface area contributed by atoms with Crippen LogP contribution in [-0.4, -0.2) is 46.6 Å². The predicted molar refractivity (Wildman–Crippen MR) is 160 cm³/mol. The molecule has 0 unspecified atom stereocenters. The molecule has 0 saturated carbocycles. The van der Waals surface area contributed by atoms with Gasteiger partial charge in [0.25, 0.3) is 5.56 Å². The number of carbonyl (C=O) groups is 1. The molecule has 0 radical (unpaired) electrons. The molecular weight excluding hydrogens is 540 g/mol. The van der Waals surface area contributed by atoms with Gasteiger partial charge in [-0.25, -0.2) is 9.78 Å². The van der Waals surface area contributed by atoms with Gasteiger partial charge in [-0.05, 0) is 68.1 Å². The Bertz CT molecular complexity index is 1730. The van der Waals surface area contributed by atoms with Crippen molar-refractivity contribution >= 4 is 28.8 Å². The van der Waals surface area contributed by atoms with E-state index in [4.69, 9.17) is 19.2 Å². The lowest BCUT2D eigenvalue weighted by Gasteiger charge is -2.18. The van der Waals surface area contributed by atoms with E-state index in [0.717, 1.165) is 16.9 Å². The van der Waals surface area contributed by atoms with Crippen molar-refractivity contribution in [1.82, 2.24) is 9.66 Å². The van der Waals surface area contributed by atoms with E-state index in [1.54, 1.807) is 31.2 Å². The second-order valence-corrected chi connectivity index (χ2v) is 9.65. The van der Waals surface area contributed by atoms with Gasteiger partial charge in [0.2, 0.25) is 5.75 Å². The third kappa shape index (κ3) is 6.30. The minimum atomic E-state index is -0.678. The van der Waals surface area contributed by atoms with Gasteiger partial charge in [0.1, 0.15) is 5.75 Å². The summed E-state index contributed by atoms with van der Waals surface area (Å²) in [6.07, 6.45) is 1.28. The summed E-state index contributed by atoms with van der Waals surface area (Å²) in [7, 11) is 0. The third-order valence-electron chi connectivity index (χ3n) is 6.45. The number of ether oxygens (including phenoxy) is 3. The Labute approximate surface area is 242 Å². The fourth-order valence-corrected chi connectivity index (χ4v) is 4.47. The van der Waals surface area contributed by atoms with Crippen molar-refractivity contribution in [2.75, 3.05) is 19.8 Å². The molecule has 0 aliphatic heterocycles. The molecule has 11 nitrogen and oxygen atoms in total. The van der Waals surface area contributed by atoms with E-state index in [9.17, 15) is 19.7 Å². The van der Waals surface area contributed by atoms with E-state index < -0.39 is 23.1 Å². The maximum Gasteiger partial charge on any atom is 0.344 e. The van der Waals surface area contributed by atoms with Gasteiger partial charge < -0.3 is 14.2 Å². The van der Waals surface area contributed by atoms with Gasteiger partial charge in [-0.3, -0.25) is 14.9 Å². The van der Waals surface area contributed by atoms with Crippen LogP contribution in [0.2, 0.25) is 0 Å². The van der Waals surface area contributed by atoms with Crippen LogP contribution in [0.25, 0.3) is 22.3 Å². The van der Waals surface area contributed by atoms with E-state index in [2.05, 4.69) is 18.9 Å². The molecule has 0 saturated heterocycles. The summed E-state index contributed by atoms with van der Waals surface area (Å²) in [5.74, 6) is 0.312. The molecule has 0 bridgehead atoms. The average molecular weight is 573 g/mol. The Morgan fingerprint density at radius 2 is 1.86 bits per heavy atom. The number of nitro benzene ring substituents is 1. The Hall–Kier alpha value is -5.06. The van der Waals surface area contributed by atoms with Gasteiger partial charge in [0.05, 0.1) is 35.3 Å². The summed E-state index contributed by atoms with van der Waals surface area (Å²) in [4.78, 5) is 41.6. The molecule has 42 heavy (non-hydrogen) atoms. The van der Waals surface area contributed by atoms with E-state index >= 15 is 0 Å². The summed E-state index contributed by atoms with van der Waals surface area (Å²) in [6, 6.07) is 15.1. The van der Waals surface area contributed by atoms with E-state index in [0.29, 0.717) is 23.1 Å². The number of nitrogens with zero attached hydrogens (tertiary/aromatic N) is 4. The molecule has 1 heterocycles. The molecule has 4 aromatic rings. The van der Waals surface area contributed by atoms with Gasteiger partial charge in [-0.1, -0.05) is 32.0 Å². The van der Waals surface area contributed by atoms with Crippen molar-refractivity contribution in [3.05, 3.63) is 91.8 Å². The smallest absolute Gasteiger partial charge is 0.344 e. The van der Waals surface area contributed by atoms with E-state index in [1.165, 1.54) is 29.1 Å². The van der Waals surface area contributed by atoms with Crippen molar-refractivity contribution in [1.29, 1.82) is 0 Å². The molecule has 0 fully saturated rings. The zero-order valence-corrected chi connectivity index (χ0v) is 24.1. The van der Waals surface area contributed by atoms with Crippen LogP contribution in [0.1, 0.15) is 50.3 Å². The number of fused-ring (bicyclic) bond motifs is 1. The first-order chi connectivity index (χ1) is 20.2. The number of aryl methyl sites for hydroxylation is 1. The first kappa shape index (κ1) is 29.9. The highest BCUT2D eigenvalue weighted by molar-refractivity contribution is 5.87. The number of esters is 1. The molecule has 0 N–H and O–H groups in total. The number of carbonyl (C=O) groups excluding carboxylic acids is 1. The van der Waals surface area contributed by atoms with Crippen LogP contribution in [-0.2, 0) is 9.53 Å². The highest BCUT2D eigenvalue weighted by Crippen LogP contribution is 2.35. The van der Waals surface area contributed by atoms with Crippen molar-refractivity contribution in [3.63, 3.8) is 0 Å². The maximum atomic E-state index is 13.8. The second-order valence-electron chi connectivity index (χ2n) is 9.65. The molecule has 1 aromatic heterocycles. The van der Waals surface area contributed by atoms with Crippen molar-refractivity contribution in [2.45, 2.75) is 40.5 Å². The number of aromatic nitrogens is 2. The second kappa shape index (κ2) is 13.1. The SMILES string of the molecule is CCOC(=O)COc1c(C=Nn2c(-c3cc(C(C)C)c(OCC)cc3C)nc3ccccc3c2=O)cccc1[N+](=O)[O-]. The fourth-order valence-electron chi connectivity index (χ4n) is 4.47. The minimum absolute atomic E-state index is 0.124. The summed E-state index contributed by atoms with van der Waals surface area (Å²) in [6.45, 7) is 9.67. The van der Waals surface area contributed by atoms with Crippen LogP contribution in [0, 0.1) is 17.0 Å². The molecule has 0 spiro atoms. The standard InChI is InChI=1S/C31H32N4O7/c1-6-40-27-15-20(5)24(16-23(27)19(3)4)30-33-25-13-9-8-12-22(25)31(37)34(30)32-17-21-11-10-14-26(35(38)39)29(21)42-18-28(36)41-7-2/h8-17,19H,6-7,18H2,1-5H3. The first-order valence-electron chi connectivity index (χ1n) is 13.6. The molecule has 0 aliphatic rings. The number of hydrogen-bond acceptors (Lipinski definition) is 9. The number of para-hydroxylation sites is 2. The topological polar surface area (TPSA) is 135 Å². The maximum absolute atomic E-state index is 13.8. The lowest BCUT2D eigenvalue weighted by atomic mass is 9.96. The van der Waals surface area contributed by atoms with Crippen LogP contribution in [0.4, 0.5) is 5.69 Å². The Balaban J connectivity index is 1.92. The van der Waals surface area contributed by atoms with E-state index in [-0.39, 0.29) is 35.3 Å². The fraction of sp³-hybridized carbons (Fsp3) is 0.290. The molecule has 218 valence electrons. The molecule has 0 amide bonds. The zero-order valence-electron chi connectivity index (χ0n) is 24.1. The summed E-state index contributed by atoms with van der Waals surface area (Å²) >= 11 is 0. The van der Waals surface area contributed by atoms with Crippen LogP contribution >= 0.6 is 0 Å². The average Bonchev–Trinajstić information content (AvgIpc) is 2.96.